The second-order valence-corrected chi connectivity index (χ2v) is 16.3. The molecule has 4 aliphatic carbocycles. The molecule has 8 bridgehead atoms. The maximum atomic E-state index is 10.8. The van der Waals surface area contributed by atoms with Gasteiger partial charge in [-0.25, -0.2) is 0 Å². The minimum absolute atomic E-state index is 0.159. The van der Waals surface area contributed by atoms with Gasteiger partial charge in [-0.2, -0.15) is 0 Å². The molecule has 5 aliphatic heterocycles. The minimum atomic E-state index is 0.159. The van der Waals surface area contributed by atoms with E-state index in [-0.39, 0.29) is 24.4 Å². The van der Waals surface area contributed by atoms with Gasteiger partial charge < -0.3 is 5.11 Å². The zero-order chi connectivity index (χ0) is 28.7. The lowest BCUT2D eigenvalue weighted by Crippen LogP contribution is -2.61. The van der Waals surface area contributed by atoms with Crippen molar-refractivity contribution >= 4 is 0 Å². The van der Waals surface area contributed by atoms with E-state index in [1.165, 1.54) is 89.9 Å². The van der Waals surface area contributed by atoms with Gasteiger partial charge in [-0.1, -0.05) is 51.5 Å². The van der Waals surface area contributed by atoms with Gasteiger partial charge in [0.1, 0.15) is 0 Å². The van der Waals surface area contributed by atoms with Crippen LogP contribution in [0.15, 0.2) is 12.3 Å². The molecule has 9 rings (SSSR count). The molecule has 43 heavy (non-hydrogen) atoms. The summed E-state index contributed by atoms with van der Waals surface area (Å²) >= 11 is 0. The largest absolute Gasteiger partial charge is 0.513 e. The summed E-state index contributed by atoms with van der Waals surface area (Å²) in [5, 5.41) is 44.3. The molecule has 5 saturated heterocycles. The maximum Gasteiger partial charge on any atom is 0.0885 e. The Balaban J connectivity index is 1.07. The molecule has 0 spiro atoms. The van der Waals surface area contributed by atoms with E-state index >= 15 is 0 Å². The van der Waals surface area contributed by atoms with Gasteiger partial charge in [0, 0.05) is 11.8 Å². The summed E-state index contributed by atoms with van der Waals surface area (Å²) in [5.74, 6) is 5.47. The lowest BCUT2D eigenvalue weighted by Gasteiger charge is -2.39. The van der Waals surface area contributed by atoms with E-state index in [0.29, 0.717) is 83.9 Å². The zero-order valence-electron chi connectivity index (χ0n) is 26.1. The molecule has 9 nitrogen and oxygen atoms in total. The number of hydrogen-bond acceptors (Lipinski definition) is 9. The summed E-state index contributed by atoms with van der Waals surface area (Å²) in [6, 6.07) is 0. The molecule has 17 unspecified atom stereocenters. The van der Waals surface area contributed by atoms with Crippen LogP contribution in [0.1, 0.15) is 96.3 Å². The van der Waals surface area contributed by atoms with Crippen LogP contribution in [0, 0.1) is 53.3 Å². The van der Waals surface area contributed by atoms with Crippen LogP contribution in [-0.2, 0) is 0 Å². The van der Waals surface area contributed by atoms with Crippen molar-refractivity contribution in [2.75, 3.05) is 0 Å². The highest BCUT2D eigenvalue weighted by Crippen LogP contribution is 2.47. The summed E-state index contributed by atoms with van der Waals surface area (Å²) in [6.07, 6.45) is 22.0. The van der Waals surface area contributed by atoms with Crippen LogP contribution >= 0.6 is 0 Å². The number of allylic oxidation sites excluding steroid dienone is 1. The fourth-order valence-electron chi connectivity index (χ4n) is 12.4. The van der Waals surface area contributed by atoms with E-state index in [0.717, 1.165) is 6.42 Å². The van der Waals surface area contributed by atoms with Crippen molar-refractivity contribution in [3.8, 4) is 0 Å². The Labute approximate surface area is 258 Å². The average molecular weight is 595 g/mol. The van der Waals surface area contributed by atoms with Gasteiger partial charge in [0.25, 0.3) is 0 Å². The number of rotatable bonds is 1. The highest BCUT2D eigenvalue weighted by molar-refractivity contribution is 5.11. The first-order valence-corrected chi connectivity index (χ1v) is 18.6. The normalized spacial score (nSPS) is 56.0. The Morgan fingerprint density at radius 2 is 0.651 bits per heavy atom. The molecule has 9 heteroatoms. The van der Waals surface area contributed by atoms with Crippen LogP contribution in [0.3, 0.4) is 0 Å². The molecule has 0 aromatic rings. The third kappa shape index (κ3) is 4.86. The molecule has 0 aromatic heterocycles. The summed E-state index contributed by atoms with van der Waals surface area (Å²) in [7, 11) is 0. The van der Waals surface area contributed by atoms with Crippen molar-refractivity contribution in [3.63, 3.8) is 0 Å². The van der Waals surface area contributed by atoms with Gasteiger partial charge in [0.15, 0.2) is 0 Å². The highest BCUT2D eigenvalue weighted by atomic mass is 16.3. The van der Waals surface area contributed by atoms with Crippen LogP contribution in [0.2, 0.25) is 0 Å². The standard InChI is InChI=1S/C34H58N8O/c1-17(43)18-15-8-16-25-26(18)34-41-32-24-14-7-6-13-23(24)30(39-32)37-28-20-10-3-2-9-19(20)27(35-28)36-29-21-11-4-5-12-22(21)31(38-29)40-33(25)42-34/h18-43H,1-16H2. The molecule has 4 saturated carbocycles. The lowest BCUT2D eigenvalue weighted by molar-refractivity contribution is 0.114. The molecule has 0 amide bonds. The molecule has 0 radical (unpaired) electrons. The molecule has 5 heterocycles. The number of aliphatic hydroxyl groups is 1. The van der Waals surface area contributed by atoms with Crippen LogP contribution in [0.25, 0.3) is 0 Å². The Hall–Kier alpha value is -0.780. The Bertz CT molecular complexity index is 1040. The molecule has 0 aromatic carbocycles. The summed E-state index contributed by atoms with van der Waals surface area (Å²) in [6.45, 7) is 4.10. The van der Waals surface area contributed by atoms with Crippen molar-refractivity contribution in [1.82, 2.24) is 42.5 Å². The third-order valence-corrected chi connectivity index (χ3v) is 14.3. The van der Waals surface area contributed by atoms with Crippen molar-refractivity contribution < 1.29 is 5.11 Å². The highest BCUT2D eigenvalue weighted by Gasteiger charge is 2.55. The smallest absolute Gasteiger partial charge is 0.0885 e. The van der Waals surface area contributed by atoms with Gasteiger partial charge in [0.2, 0.25) is 0 Å². The maximum absolute atomic E-state index is 10.8. The molecular formula is C34H58N8O. The van der Waals surface area contributed by atoms with E-state index in [4.69, 9.17) is 0 Å². The molecule has 9 N–H and O–H groups in total. The van der Waals surface area contributed by atoms with Crippen LogP contribution in [0.5, 0.6) is 0 Å². The summed E-state index contributed by atoms with van der Waals surface area (Å²) in [4.78, 5) is 0. The Morgan fingerprint density at radius 3 is 0.977 bits per heavy atom. The van der Waals surface area contributed by atoms with Gasteiger partial charge in [-0.3, -0.25) is 42.5 Å². The fourth-order valence-corrected chi connectivity index (χ4v) is 12.4. The predicted molar refractivity (Wildman–Crippen MR) is 168 cm³/mol. The summed E-state index contributed by atoms with van der Waals surface area (Å²) in [5.41, 5.74) is 0. The quantitative estimate of drug-likeness (QED) is 0.211. The van der Waals surface area contributed by atoms with Crippen molar-refractivity contribution in [2.24, 2.45) is 53.3 Å². The molecule has 9 fully saturated rings. The van der Waals surface area contributed by atoms with Crippen LogP contribution < -0.4 is 42.5 Å². The number of hydrogen-bond donors (Lipinski definition) is 9. The first kappa shape index (κ1) is 28.4. The first-order valence-electron chi connectivity index (χ1n) is 18.6. The second kappa shape index (κ2) is 11.5. The number of aliphatic hydroxyl groups excluding tert-OH is 1. The molecule has 240 valence electrons. The summed E-state index contributed by atoms with van der Waals surface area (Å²) < 4.78 is 0. The molecule has 9 aliphatic rings. The van der Waals surface area contributed by atoms with Crippen molar-refractivity contribution in [3.05, 3.63) is 12.3 Å². The molecule has 17 atom stereocenters. The van der Waals surface area contributed by atoms with Crippen molar-refractivity contribution in [1.29, 1.82) is 0 Å². The van der Waals surface area contributed by atoms with Gasteiger partial charge in [-0.05, 0) is 92.8 Å². The second-order valence-electron chi connectivity index (χ2n) is 16.3. The molecular weight excluding hydrogens is 536 g/mol. The van der Waals surface area contributed by atoms with Gasteiger partial charge in [0.05, 0.1) is 55.1 Å². The van der Waals surface area contributed by atoms with E-state index in [1.54, 1.807) is 0 Å². The number of nitrogens with one attached hydrogen (secondary N) is 8. The van der Waals surface area contributed by atoms with E-state index < -0.39 is 0 Å². The SMILES string of the molecule is C=C(O)C1CCCC2C3NC4NC(NC5NC(NC6NC(NC(N3)C12)C1CCCCC61)C1CCCCC51)C1CCCCC41. The number of fused-ring (bicyclic) bond motifs is 20. The van der Waals surface area contributed by atoms with Crippen LogP contribution in [0.4, 0.5) is 0 Å². The first-order chi connectivity index (χ1) is 21.1. The van der Waals surface area contributed by atoms with E-state index in [2.05, 4.69) is 49.1 Å². The van der Waals surface area contributed by atoms with Gasteiger partial charge in [-0.15, -0.1) is 0 Å². The topological polar surface area (TPSA) is 116 Å². The fraction of sp³-hybridized carbons (Fsp3) is 0.941. The van der Waals surface area contributed by atoms with E-state index in [9.17, 15) is 5.11 Å². The van der Waals surface area contributed by atoms with Crippen molar-refractivity contribution in [2.45, 2.75) is 146 Å². The van der Waals surface area contributed by atoms with E-state index in [1.807, 2.05) is 0 Å². The Morgan fingerprint density at radius 1 is 0.372 bits per heavy atom. The van der Waals surface area contributed by atoms with Gasteiger partial charge >= 0.3 is 0 Å². The van der Waals surface area contributed by atoms with Crippen LogP contribution in [-0.4, -0.2) is 54.4 Å². The minimum Gasteiger partial charge on any atom is -0.513 e. The monoisotopic (exact) mass is 594 g/mol. The third-order valence-electron chi connectivity index (χ3n) is 14.3. The zero-order valence-corrected chi connectivity index (χ0v) is 26.1. The average Bonchev–Trinajstić information content (AvgIpc) is 3.76. The Kier molecular flexibility index (Phi) is 7.59. The predicted octanol–water partition coefficient (Wildman–Crippen LogP) is 2.90. The lowest BCUT2D eigenvalue weighted by atomic mass is 9.70.